The quantitative estimate of drug-likeness (QED) is 0.733. The second-order valence-electron chi connectivity index (χ2n) is 6.19. The Labute approximate surface area is 147 Å². The van der Waals surface area contributed by atoms with Crippen LogP contribution in [0.2, 0.25) is 0 Å². The number of ether oxygens (including phenoxy) is 2. The molecule has 128 valence electrons. The Morgan fingerprint density at radius 1 is 1.20 bits per heavy atom. The van der Waals surface area contributed by atoms with E-state index in [1.54, 1.807) is 25.7 Å². The lowest BCUT2D eigenvalue weighted by Crippen LogP contribution is -2.38. The van der Waals surface area contributed by atoms with Gasteiger partial charge in [-0.1, -0.05) is 30.3 Å². The Morgan fingerprint density at radius 2 is 2.12 bits per heavy atom. The maximum Gasteiger partial charge on any atom is 0.123 e. The van der Waals surface area contributed by atoms with Crippen LogP contribution in [0, 0.1) is 0 Å². The third kappa shape index (κ3) is 3.34. The smallest absolute Gasteiger partial charge is 0.123 e. The topological polar surface area (TPSA) is 47.5 Å². The minimum atomic E-state index is -0.0385. The molecule has 2 heterocycles. The van der Waals surface area contributed by atoms with Gasteiger partial charge < -0.3 is 9.47 Å². The number of hydrogen-bond acceptors (Lipinski definition) is 5. The summed E-state index contributed by atoms with van der Waals surface area (Å²) < 4.78 is 11.5. The predicted molar refractivity (Wildman–Crippen MR) is 96.5 cm³/mol. The summed E-state index contributed by atoms with van der Waals surface area (Å²) in [6.45, 7) is 3.20. The van der Waals surface area contributed by atoms with Crippen molar-refractivity contribution in [2.45, 2.75) is 12.6 Å². The summed E-state index contributed by atoms with van der Waals surface area (Å²) in [7, 11) is 1.73. The van der Waals surface area contributed by atoms with Crippen LogP contribution in [0.15, 0.2) is 55.0 Å². The van der Waals surface area contributed by atoms with Gasteiger partial charge >= 0.3 is 0 Å². The first-order valence-corrected chi connectivity index (χ1v) is 8.49. The second-order valence-corrected chi connectivity index (χ2v) is 6.19. The molecule has 1 aromatic heterocycles. The number of fused-ring (bicyclic) bond motifs is 1. The summed E-state index contributed by atoms with van der Waals surface area (Å²) in [4.78, 5) is 10.9. The second kappa shape index (κ2) is 7.17. The van der Waals surface area contributed by atoms with Crippen molar-refractivity contribution in [1.82, 2.24) is 14.9 Å². The minimum Gasteiger partial charge on any atom is -0.496 e. The molecule has 1 saturated heterocycles. The first kappa shape index (κ1) is 16.0. The Bertz CT molecular complexity index is 854. The van der Waals surface area contributed by atoms with E-state index >= 15 is 0 Å². The molecule has 5 heteroatoms. The molecular formula is C20H21N3O2. The number of rotatable bonds is 4. The standard InChI is InChI=1S/C20H21N3O2/c1-24-19-7-6-15-4-2-3-5-16(15)17(19)13-23-10-11-25-20(14-23)18-12-21-8-9-22-18/h2-9,12,20H,10-11,13-14H2,1H3/t20-/m0/s1. The first-order valence-electron chi connectivity index (χ1n) is 8.49. The van der Waals surface area contributed by atoms with Crippen molar-refractivity contribution in [1.29, 1.82) is 0 Å². The average molecular weight is 335 g/mol. The molecule has 25 heavy (non-hydrogen) atoms. The van der Waals surface area contributed by atoms with Crippen molar-refractivity contribution in [3.63, 3.8) is 0 Å². The van der Waals surface area contributed by atoms with Crippen LogP contribution in [-0.4, -0.2) is 41.7 Å². The zero-order valence-electron chi connectivity index (χ0n) is 14.3. The molecular weight excluding hydrogens is 314 g/mol. The summed E-state index contributed by atoms with van der Waals surface area (Å²) >= 11 is 0. The molecule has 0 saturated carbocycles. The van der Waals surface area contributed by atoms with Crippen LogP contribution < -0.4 is 4.74 Å². The maximum atomic E-state index is 5.90. The molecule has 0 amide bonds. The molecule has 1 fully saturated rings. The van der Waals surface area contributed by atoms with Crippen LogP contribution in [0.5, 0.6) is 5.75 Å². The predicted octanol–water partition coefficient (Wildman–Crippen LogP) is 3.21. The molecule has 2 aromatic carbocycles. The third-order valence-corrected chi connectivity index (χ3v) is 4.66. The van der Waals surface area contributed by atoms with Crippen molar-refractivity contribution in [2.24, 2.45) is 0 Å². The molecule has 3 aromatic rings. The van der Waals surface area contributed by atoms with E-state index in [2.05, 4.69) is 51.3 Å². The molecule has 0 unspecified atom stereocenters. The molecule has 5 nitrogen and oxygen atoms in total. The van der Waals surface area contributed by atoms with E-state index in [-0.39, 0.29) is 6.10 Å². The van der Waals surface area contributed by atoms with Gasteiger partial charge in [0.15, 0.2) is 0 Å². The SMILES string of the molecule is COc1ccc2ccccc2c1CN1CCO[C@H](c2cnccn2)C1. The zero-order valence-corrected chi connectivity index (χ0v) is 14.3. The van der Waals surface area contributed by atoms with Crippen LogP contribution in [0.1, 0.15) is 17.4 Å². The lowest BCUT2D eigenvalue weighted by molar-refractivity contribution is -0.0352. The Balaban J connectivity index is 1.60. The van der Waals surface area contributed by atoms with Gasteiger partial charge in [-0.05, 0) is 16.8 Å². The first-order chi connectivity index (χ1) is 12.3. The minimum absolute atomic E-state index is 0.0385. The average Bonchev–Trinajstić information content (AvgIpc) is 2.69. The highest BCUT2D eigenvalue weighted by atomic mass is 16.5. The summed E-state index contributed by atoms with van der Waals surface area (Å²) in [6, 6.07) is 12.6. The van der Waals surface area contributed by atoms with Gasteiger partial charge in [0.1, 0.15) is 11.9 Å². The molecule has 1 aliphatic heterocycles. The number of morpholine rings is 1. The van der Waals surface area contributed by atoms with Gasteiger partial charge in [-0.15, -0.1) is 0 Å². The highest BCUT2D eigenvalue weighted by Gasteiger charge is 2.24. The van der Waals surface area contributed by atoms with Crippen molar-refractivity contribution >= 4 is 10.8 Å². The third-order valence-electron chi connectivity index (χ3n) is 4.66. The van der Waals surface area contributed by atoms with Crippen molar-refractivity contribution in [2.75, 3.05) is 26.8 Å². The van der Waals surface area contributed by atoms with Gasteiger partial charge in [0.2, 0.25) is 0 Å². The van der Waals surface area contributed by atoms with Crippen molar-refractivity contribution in [3.8, 4) is 5.75 Å². The number of hydrogen-bond donors (Lipinski definition) is 0. The fraction of sp³-hybridized carbons (Fsp3) is 0.300. The van der Waals surface area contributed by atoms with E-state index in [0.717, 1.165) is 31.1 Å². The van der Waals surface area contributed by atoms with Gasteiger partial charge in [-0.2, -0.15) is 0 Å². The number of benzene rings is 2. The van der Waals surface area contributed by atoms with Gasteiger partial charge in [-0.3, -0.25) is 14.9 Å². The van der Waals surface area contributed by atoms with Gasteiger partial charge in [-0.25, -0.2) is 0 Å². The normalized spacial score (nSPS) is 18.4. The van der Waals surface area contributed by atoms with Crippen LogP contribution >= 0.6 is 0 Å². The van der Waals surface area contributed by atoms with Crippen LogP contribution in [0.3, 0.4) is 0 Å². The maximum absolute atomic E-state index is 5.90. The molecule has 0 bridgehead atoms. The summed E-state index contributed by atoms with van der Waals surface area (Å²) in [5.74, 6) is 0.932. The molecule has 4 rings (SSSR count). The lowest BCUT2D eigenvalue weighted by atomic mass is 10.0. The Morgan fingerprint density at radius 3 is 2.96 bits per heavy atom. The van der Waals surface area contributed by atoms with Gasteiger partial charge in [0, 0.05) is 37.6 Å². The lowest BCUT2D eigenvalue weighted by Gasteiger charge is -2.33. The number of nitrogens with zero attached hydrogens (tertiary/aromatic N) is 3. The number of aromatic nitrogens is 2. The largest absolute Gasteiger partial charge is 0.496 e. The van der Waals surface area contributed by atoms with Gasteiger partial charge in [0.05, 0.1) is 25.6 Å². The fourth-order valence-corrected chi connectivity index (χ4v) is 3.40. The summed E-state index contributed by atoms with van der Waals surface area (Å²) in [5, 5.41) is 2.47. The summed E-state index contributed by atoms with van der Waals surface area (Å²) in [5.41, 5.74) is 2.11. The molecule has 1 aliphatic rings. The Hall–Kier alpha value is -2.50. The molecule has 0 aliphatic carbocycles. The van der Waals surface area contributed by atoms with E-state index in [1.807, 2.05) is 0 Å². The van der Waals surface area contributed by atoms with Crippen LogP contribution in [0.4, 0.5) is 0 Å². The number of methoxy groups -OCH3 is 1. The van der Waals surface area contributed by atoms with E-state index in [4.69, 9.17) is 9.47 Å². The van der Waals surface area contributed by atoms with E-state index in [1.165, 1.54) is 16.3 Å². The highest BCUT2D eigenvalue weighted by Crippen LogP contribution is 2.30. The van der Waals surface area contributed by atoms with Gasteiger partial charge in [0.25, 0.3) is 0 Å². The molecule has 0 N–H and O–H groups in total. The zero-order chi connectivity index (χ0) is 17.1. The molecule has 0 radical (unpaired) electrons. The van der Waals surface area contributed by atoms with Crippen LogP contribution in [0.25, 0.3) is 10.8 Å². The Kier molecular flexibility index (Phi) is 4.59. The monoisotopic (exact) mass is 335 g/mol. The fourth-order valence-electron chi connectivity index (χ4n) is 3.40. The molecule has 0 spiro atoms. The molecule has 1 atom stereocenters. The van der Waals surface area contributed by atoms with Crippen molar-refractivity contribution < 1.29 is 9.47 Å². The van der Waals surface area contributed by atoms with Crippen LogP contribution in [-0.2, 0) is 11.3 Å². The summed E-state index contributed by atoms with van der Waals surface area (Å²) in [6.07, 6.45) is 5.15. The van der Waals surface area contributed by atoms with E-state index in [0.29, 0.717) is 6.61 Å². The van der Waals surface area contributed by atoms with Crippen molar-refractivity contribution in [3.05, 3.63) is 66.2 Å². The van der Waals surface area contributed by atoms with E-state index in [9.17, 15) is 0 Å². The van der Waals surface area contributed by atoms with E-state index < -0.39 is 0 Å². The highest BCUT2D eigenvalue weighted by molar-refractivity contribution is 5.87.